The van der Waals surface area contributed by atoms with Crippen LogP contribution >= 0.6 is 0 Å². The maximum atomic E-state index is 12.5. The molecule has 0 bridgehead atoms. The van der Waals surface area contributed by atoms with Crippen LogP contribution in [0.2, 0.25) is 0 Å². The van der Waals surface area contributed by atoms with Crippen LogP contribution in [0.25, 0.3) is 0 Å². The third-order valence-electron chi connectivity index (χ3n) is 13.6. The minimum Gasteiger partial charge on any atom is -0.394 e. The van der Waals surface area contributed by atoms with E-state index in [2.05, 4.69) is 43.5 Å². The SMILES string of the molecule is CCCCCCCCC/C=C/CC/C=C/CC/C=C/C(O)C(CO)NC(=O)CCCCCCCCCCCCCCCCCCCCCCCCCCCCCCCCCCCCC. The first kappa shape index (κ1) is 62.6. The Morgan fingerprint density at radius 1 is 0.359 bits per heavy atom. The van der Waals surface area contributed by atoms with Gasteiger partial charge in [-0.1, -0.05) is 307 Å². The Morgan fingerprint density at radius 2 is 0.609 bits per heavy atom. The topological polar surface area (TPSA) is 69.6 Å². The first-order chi connectivity index (χ1) is 31.7. The number of aliphatic hydroxyl groups is 2. The van der Waals surface area contributed by atoms with Gasteiger partial charge in [-0.3, -0.25) is 4.79 Å². The van der Waals surface area contributed by atoms with Gasteiger partial charge in [0.2, 0.25) is 5.91 Å². The molecule has 0 saturated heterocycles. The van der Waals surface area contributed by atoms with Crippen LogP contribution in [0.5, 0.6) is 0 Å². The normalized spacial score (nSPS) is 13.0. The summed E-state index contributed by atoms with van der Waals surface area (Å²) in [5.41, 5.74) is 0. The molecule has 0 radical (unpaired) electrons. The van der Waals surface area contributed by atoms with Gasteiger partial charge in [0.25, 0.3) is 0 Å². The van der Waals surface area contributed by atoms with Crippen LogP contribution in [-0.2, 0) is 4.79 Å². The summed E-state index contributed by atoms with van der Waals surface area (Å²) in [6.45, 7) is 4.32. The van der Waals surface area contributed by atoms with Crippen molar-refractivity contribution in [3.63, 3.8) is 0 Å². The Kier molecular flexibility index (Phi) is 54.7. The van der Waals surface area contributed by atoms with Gasteiger partial charge in [-0.2, -0.15) is 0 Å². The lowest BCUT2D eigenvalue weighted by atomic mass is 10.0. The Bertz CT molecular complexity index is 974. The van der Waals surface area contributed by atoms with Crippen LogP contribution in [0.15, 0.2) is 36.5 Å². The van der Waals surface area contributed by atoms with Gasteiger partial charge < -0.3 is 15.5 Å². The molecule has 0 aliphatic rings. The molecule has 1 amide bonds. The Morgan fingerprint density at radius 3 is 0.906 bits per heavy atom. The minimum absolute atomic E-state index is 0.0723. The molecule has 0 aromatic heterocycles. The molecule has 4 nitrogen and oxygen atoms in total. The first-order valence-electron chi connectivity index (χ1n) is 29.2. The van der Waals surface area contributed by atoms with Crippen LogP contribution < -0.4 is 5.32 Å². The van der Waals surface area contributed by atoms with Crippen molar-refractivity contribution < 1.29 is 15.0 Å². The predicted molar refractivity (Wildman–Crippen MR) is 285 cm³/mol. The van der Waals surface area contributed by atoms with E-state index in [1.54, 1.807) is 6.08 Å². The van der Waals surface area contributed by atoms with Crippen LogP contribution in [-0.4, -0.2) is 34.9 Å². The molecule has 0 heterocycles. The summed E-state index contributed by atoms with van der Waals surface area (Å²) in [6, 6.07) is -0.643. The number of amides is 1. The summed E-state index contributed by atoms with van der Waals surface area (Å²) < 4.78 is 0. The Hall–Kier alpha value is -1.39. The van der Waals surface area contributed by atoms with Gasteiger partial charge in [0, 0.05) is 6.42 Å². The van der Waals surface area contributed by atoms with Crippen molar-refractivity contribution in [1.82, 2.24) is 5.32 Å². The summed E-state index contributed by atoms with van der Waals surface area (Å²) in [5, 5.41) is 23.1. The van der Waals surface area contributed by atoms with E-state index < -0.39 is 12.1 Å². The van der Waals surface area contributed by atoms with Gasteiger partial charge in [-0.05, 0) is 44.9 Å². The van der Waals surface area contributed by atoms with E-state index in [9.17, 15) is 15.0 Å². The lowest BCUT2D eigenvalue weighted by Gasteiger charge is -2.19. The molecule has 378 valence electrons. The lowest BCUT2D eigenvalue weighted by Crippen LogP contribution is -2.45. The summed E-state index contributed by atoms with van der Waals surface area (Å²) in [4.78, 5) is 12.5. The number of hydrogen-bond donors (Lipinski definition) is 3. The molecule has 0 aliphatic heterocycles. The molecule has 0 aliphatic carbocycles. The zero-order valence-corrected chi connectivity index (χ0v) is 43.6. The van der Waals surface area contributed by atoms with Gasteiger partial charge in [-0.15, -0.1) is 0 Å². The van der Waals surface area contributed by atoms with Crippen molar-refractivity contribution in [3.05, 3.63) is 36.5 Å². The second kappa shape index (κ2) is 55.9. The van der Waals surface area contributed by atoms with Crippen molar-refractivity contribution in [2.45, 2.75) is 334 Å². The minimum atomic E-state index is -0.868. The maximum Gasteiger partial charge on any atom is 0.220 e. The third kappa shape index (κ3) is 51.6. The van der Waals surface area contributed by atoms with E-state index >= 15 is 0 Å². The van der Waals surface area contributed by atoms with E-state index in [0.717, 1.165) is 38.5 Å². The van der Waals surface area contributed by atoms with Gasteiger partial charge in [0.15, 0.2) is 0 Å². The smallest absolute Gasteiger partial charge is 0.220 e. The fraction of sp³-hybridized carbons (Fsp3) is 0.883. The molecule has 0 spiro atoms. The molecule has 2 unspecified atom stereocenters. The summed E-state index contributed by atoms with van der Waals surface area (Å²) in [5.74, 6) is -0.0723. The number of hydrogen-bond acceptors (Lipinski definition) is 3. The molecule has 0 aromatic rings. The maximum absolute atomic E-state index is 12.5. The summed E-state index contributed by atoms with van der Waals surface area (Å²) in [6.07, 6.45) is 76.2. The third-order valence-corrected chi connectivity index (χ3v) is 13.6. The molecule has 3 N–H and O–H groups in total. The molecule has 0 aromatic carbocycles. The molecular formula is C60H115NO3. The van der Waals surface area contributed by atoms with Gasteiger partial charge in [0.05, 0.1) is 18.8 Å². The second-order valence-corrected chi connectivity index (χ2v) is 20.1. The number of allylic oxidation sites excluding steroid dienone is 5. The van der Waals surface area contributed by atoms with Gasteiger partial charge in [-0.25, -0.2) is 0 Å². The molecule has 2 atom stereocenters. The number of unbranched alkanes of at least 4 members (excludes halogenated alkanes) is 43. The van der Waals surface area contributed by atoms with E-state index in [0.29, 0.717) is 6.42 Å². The summed E-state index contributed by atoms with van der Waals surface area (Å²) in [7, 11) is 0. The average molecular weight is 899 g/mol. The number of carbonyl (C=O) groups excluding carboxylic acids is 1. The van der Waals surface area contributed by atoms with E-state index in [1.165, 1.54) is 263 Å². The highest BCUT2D eigenvalue weighted by molar-refractivity contribution is 5.76. The van der Waals surface area contributed by atoms with Crippen molar-refractivity contribution in [3.8, 4) is 0 Å². The van der Waals surface area contributed by atoms with Crippen molar-refractivity contribution in [2.75, 3.05) is 6.61 Å². The standard InChI is InChI=1S/C60H115NO3/c1-3-5-7-9-11-13-15-17-19-21-22-23-24-25-26-27-28-29-30-31-32-33-34-35-36-37-38-40-42-44-46-48-50-52-54-56-60(64)61-58(57-62)59(63)55-53-51-49-47-45-43-41-39-20-18-16-14-12-10-8-6-4-2/h20,39,45,47,53,55,58-59,62-63H,3-19,21-38,40-44,46,48-52,54,56-57H2,1-2H3,(H,61,64)/b39-20+,47-45+,55-53+. The molecule has 0 fully saturated rings. The zero-order chi connectivity index (χ0) is 46.3. The van der Waals surface area contributed by atoms with Crippen molar-refractivity contribution in [1.29, 1.82) is 0 Å². The largest absolute Gasteiger partial charge is 0.394 e. The predicted octanol–water partition coefficient (Wildman–Crippen LogP) is 19.3. The average Bonchev–Trinajstić information content (AvgIpc) is 3.30. The molecule has 0 rings (SSSR count). The van der Waals surface area contributed by atoms with Crippen molar-refractivity contribution in [2.24, 2.45) is 0 Å². The van der Waals surface area contributed by atoms with Crippen molar-refractivity contribution >= 4 is 5.91 Å². The highest BCUT2D eigenvalue weighted by atomic mass is 16.3. The lowest BCUT2D eigenvalue weighted by molar-refractivity contribution is -0.123. The fourth-order valence-electron chi connectivity index (χ4n) is 9.16. The van der Waals surface area contributed by atoms with E-state index in [-0.39, 0.29) is 12.5 Å². The molecule has 4 heteroatoms. The fourth-order valence-corrected chi connectivity index (χ4v) is 9.16. The second-order valence-electron chi connectivity index (χ2n) is 20.1. The van der Waals surface area contributed by atoms with Crippen LogP contribution in [0.3, 0.4) is 0 Å². The first-order valence-corrected chi connectivity index (χ1v) is 29.2. The van der Waals surface area contributed by atoms with E-state index in [4.69, 9.17) is 0 Å². The van der Waals surface area contributed by atoms with Crippen LogP contribution in [0.4, 0.5) is 0 Å². The Balaban J connectivity index is 3.43. The number of rotatable bonds is 54. The van der Waals surface area contributed by atoms with Gasteiger partial charge >= 0.3 is 0 Å². The number of carbonyl (C=O) groups is 1. The molecule has 0 saturated carbocycles. The molecule has 64 heavy (non-hydrogen) atoms. The highest BCUT2D eigenvalue weighted by Crippen LogP contribution is 2.18. The zero-order valence-electron chi connectivity index (χ0n) is 43.6. The monoisotopic (exact) mass is 898 g/mol. The summed E-state index contributed by atoms with van der Waals surface area (Å²) >= 11 is 0. The number of nitrogens with one attached hydrogen (secondary N) is 1. The van der Waals surface area contributed by atoms with E-state index in [1.807, 2.05) is 6.08 Å². The molecular weight excluding hydrogens is 783 g/mol. The number of aliphatic hydroxyl groups excluding tert-OH is 2. The quantitative estimate of drug-likeness (QED) is 0.0421. The van der Waals surface area contributed by atoms with Crippen LogP contribution in [0.1, 0.15) is 322 Å². The highest BCUT2D eigenvalue weighted by Gasteiger charge is 2.18. The Labute approximate surface area is 402 Å². The van der Waals surface area contributed by atoms with Gasteiger partial charge in [0.1, 0.15) is 0 Å². The van der Waals surface area contributed by atoms with Crippen LogP contribution in [0, 0.1) is 0 Å².